The topological polar surface area (TPSA) is 12.0 Å². The van der Waals surface area contributed by atoms with Gasteiger partial charge in [0.2, 0.25) is 0 Å². The highest BCUT2D eigenvalue weighted by atomic mass is 79.9. The molecule has 1 N–H and O–H groups in total. The average Bonchev–Trinajstić information content (AvgIpc) is 1.96. The molecule has 0 bridgehead atoms. The average molecular weight is 269 g/mol. The Labute approximate surface area is 90.2 Å². The van der Waals surface area contributed by atoms with Gasteiger partial charge < -0.3 is 5.32 Å². The molecule has 0 spiro atoms. The summed E-state index contributed by atoms with van der Waals surface area (Å²) in [5, 5.41) is 4.36. The smallest absolute Gasteiger partial charge is 0.0719 e. The first-order valence-electron chi connectivity index (χ1n) is 3.53. The molecule has 0 unspecified atom stereocenters. The van der Waals surface area contributed by atoms with E-state index in [0.717, 1.165) is 16.7 Å². The van der Waals surface area contributed by atoms with Crippen molar-refractivity contribution >= 4 is 44.8 Å². The van der Waals surface area contributed by atoms with Crippen molar-refractivity contribution in [2.75, 3.05) is 11.9 Å². The van der Waals surface area contributed by atoms with Crippen LogP contribution in [0.3, 0.4) is 0 Å². The third-order valence-corrected chi connectivity index (χ3v) is 2.41. The molecule has 0 radical (unpaired) electrons. The highest BCUT2D eigenvalue weighted by molar-refractivity contribution is 9.10. The van der Waals surface area contributed by atoms with E-state index >= 15 is 0 Å². The van der Waals surface area contributed by atoms with Crippen LogP contribution in [-0.4, -0.2) is 6.54 Å². The lowest BCUT2D eigenvalue weighted by Crippen LogP contribution is -1.97. The van der Waals surface area contributed by atoms with Crippen LogP contribution >= 0.6 is 39.1 Å². The Morgan fingerprint density at radius 2 is 1.83 bits per heavy atom. The van der Waals surface area contributed by atoms with Crippen LogP contribution in [0.4, 0.5) is 5.69 Å². The number of hydrogen-bond acceptors (Lipinski definition) is 1. The second-order valence-corrected chi connectivity index (χ2v) is 4.00. The minimum Gasteiger partial charge on any atom is -0.383 e. The van der Waals surface area contributed by atoms with E-state index in [1.54, 1.807) is 0 Å². The lowest BCUT2D eigenvalue weighted by molar-refractivity contribution is 1.21. The molecule has 0 aromatic heterocycles. The third kappa shape index (κ3) is 2.28. The van der Waals surface area contributed by atoms with Gasteiger partial charge in [-0.15, -0.1) is 0 Å². The van der Waals surface area contributed by atoms with E-state index in [-0.39, 0.29) is 0 Å². The van der Waals surface area contributed by atoms with Crippen LogP contribution in [0.1, 0.15) is 6.92 Å². The van der Waals surface area contributed by atoms with Crippen molar-refractivity contribution in [1.82, 2.24) is 0 Å². The zero-order valence-corrected chi connectivity index (χ0v) is 9.59. The van der Waals surface area contributed by atoms with E-state index in [4.69, 9.17) is 23.2 Å². The predicted octanol–water partition coefficient (Wildman–Crippen LogP) is 4.19. The number of hydrogen-bond donors (Lipinski definition) is 1. The molecule has 1 nitrogen and oxygen atoms in total. The molecule has 4 heteroatoms. The van der Waals surface area contributed by atoms with E-state index in [9.17, 15) is 0 Å². The summed E-state index contributed by atoms with van der Waals surface area (Å²) in [5.74, 6) is 0. The Morgan fingerprint density at radius 3 is 2.25 bits per heavy atom. The SMILES string of the molecule is CCNc1c(Cl)cc(Br)cc1Cl. The van der Waals surface area contributed by atoms with E-state index < -0.39 is 0 Å². The third-order valence-electron chi connectivity index (χ3n) is 1.36. The van der Waals surface area contributed by atoms with Crippen LogP contribution in [0.2, 0.25) is 10.0 Å². The molecule has 0 heterocycles. The molecule has 0 aliphatic rings. The second kappa shape index (κ2) is 4.35. The quantitative estimate of drug-likeness (QED) is 0.848. The molecular formula is C8H8BrCl2N. The Kier molecular flexibility index (Phi) is 3.69. The lowest BCUT2D eigenvalue weighted by Gasteiger charge is -2.08. The molecule has 1 aromatic carbocycles. The van der Waals surface area contributed by atoms with Crippen molar-refractivity contribution in [2.45, 2.75) is 6.92 Å². The van der Waals surface area contributed by atoms with E-state index in [1.165, 1.54) is 0 Å². The van der Waals surface area contributed by atoms with Crippen LogP contribution in [-0.2, 0) is 0 Å². The number of nitrogens with one attached hydrogen (secondary N) is 1. The number of anilines is 1. The highest BCUT2D eigenvalue weighted by Crippen LogP contribution is 2.33. The second-order valence-electron chi connectivity index (χ2n) is 2.27. The molecule has 0 aliphatic heterocycles. The molecule has 0 aliphatic carbocycles. The maximum atomic E-state index is 5.94. The first-order chi connectivity index (χ1) is 5.65. The summed E-state index contributed by atoms with van der Waals surface area (Å²) in [7, 11) is 0. The van der Waals surface area contributed by atoms with Gasteiger partial charge in [-0.25, -0.2) is 0 Å². The number of halogens is 3. The van der Waals surface area contributed by atoms with Crippen molar-refractivity contribution < 1.29 is 0 Å². The molecule has 1 rings (SSSR count). The Balaban J connectivity index is 3.10. The van der Waals surface area contributed by atoms with Crippen LogP contribution in [0.5, 0.6) is 0 Å². The van der Waals surface area contributed by atoms with Gasteiger partial charge in [0.1, 0.15) is 0 Å². The first-order valence-corrected chi connectivity index (χ1v) is 5.08. The minimum absolute atomic E-state index is 0.635. The van der Waals surface area contributed by atoms with Crippen LogP contribution in [0.25, 0.3) is 0 Å². The summed E-state index contributed by atoms with van der Waals surface area (Å²) >= 11 is 15.2. The summed E-state index contributed by atoms with van der Waals surface area (Å²) in [6, 6.07) is 3.62. The predicted molar refractivity (Wildman–Crippen MR) is 58.3 cm³/mol. The number of rotatable bonds is 2. The molecule has 0 atom stereocenters. The van der Waals surface area contributed by atoms with Crippen LogP contribution in [0.15, 0.2) is 16.6 Å². The molecule has 0 amide bonds. The minimum atomic E-state index is 0.635. The van der Waals surface area contributed by atoms with Crippen molar-refractivity contribution in [1.29, 1.82) is 0 Å². The fourth-order valence-electron chi connectivity index (χ4n) is 0.888. The zero-order chi connectivity index (χ0) is 9.14. The molecule has 1 aromatic rings. The fraction of sp³-hybridized carbons (Fsp3) is 0.250. The summed E-state index contributed by atoms with van der Waals surface area (Å²) in [6.07, 6.45) is 0. The van der Waals surface area contributed by atoms with Crippen LogP contribution in [0, 0.1) is 0 Å². The van der Waals surface area contributed by atoms with E-state index in [0.29, 0.717) is 10.0 Å². The normalized spacial score (nSPS) is 10.0. The van der Waals surface area contributed by atoms with Crippen molar-refractivity contribution in [3.05, 3.63) is 26.7 Å². The van der Waals surface area contributed by atoms with Gasteiger partial charge in [0.05, 0.1) is 15.7 Å². The highest BCUT2D eigenvalue weighted by Gasteiger charge is 2.05. The maximum Gasteiger partial charge on any atom is 0.0719 e. The standard InChI is InChI=1S/C8H8BrCl2N/c1-2-12-8-6(10)3-5(9)4-7(8)11/h3-4,12H,2H2,1H3. The summed E-state index contributed by atoms with van der Waals surface area (Å²) in [5.41, 5.74) is 0.795. The first kappa shape index (κ1) is 10.2. The molecular weight excluding hydrogens is 261 g/mol. The van der Waals surface area contributed by atoms with Gasteiger partial charge in [-0.2, -0.15) is 0 Å². The maximum absolute atomic E-state index is 5.94. The summed E-state index contributed by atoms with van der Waals surface area (Å²) in [6.45, 7) is 2.80. The van der Waals surface area contributed by atoms with Crippen molar-refractivity contribution in [3.8, 4) is 0 Å². The van der Waals surface area contributed by atoms with E-state index in [1.807, 2.05) is 19.1 Å². The molecule has 0 saturated carbocycles. The largest absolute Gasteiger partial charge is 0.383 e. The zero-order valence-electron chi connectivity index (χ0n) is 6.50. The van der Waals surface area contributed by atoms with Gasteiger partial charge in [0, 0.05) is 11.0 Å². The van der Waals surface area contributed by atoms with Gasteiger partial charge in [0.25, 0.3) is 0 Å². The van der Waals surface area contributed by atoms with Gasteiger partial charge in [-0.3, -0.25) is 0 Å². The Bertz CT molecular complexity index is 265. The van der Waals surface area contributed by atoms with Crippen molar-refractivity contribution in [2.24, 2.45) is 0 Å². The molecule has 12 heavy (non-hydrogen) atoms. The van der Waals surface area contributed by atoms with Gasteiger partial charge in [0.15, 0.2) is 0 Å². The molecule has 0 saturated heterocycles. The van der Waals surface area contributed by atoms with E-state index in [2.05, 4.69) is 21.2 Å². The number of benzene rings is 1. The van der Waals surface area contributed by atoms with Gasteiger partial charge in [-0.05, 0) is 19.1 Å². The molecule has 66 valence electrons. The molecule has 0 fully saturated rings. The lowest BCUT2D eigenvalue weighted by atomic mass is 10.3. The van der Waals surface area contributed by atoms with Gasteiger partial charge >= 0.3 is 0 Å². The fourth-order valence-corrected chi connectivity index (χ4v) is 2.23. The summed E-state index contributed by atoms with van der Waals surface area (Å²) < 4.78 is 0.888. The Hall–Kier alpha value is 0.0800. The monoisotopic (exact) mass is 267 g/mol. The van der Waals surface area contributed by atoms with Gasteiger partial charge in [-0.1, -0.05) is 39.1 Å². The Morgan fingerprint density at radius 1 is 1.33 bits per heavy atom. The summed E-state index contributed by atoms with van der Waals surface area (Å²) in [4.78, 5) is 0. The van der Waals surface area contributed by atoms with Crippen LogP contribution < -0.4 is 5.32 Å². The van der Waals surface area contributed by atoms with Crippen molar-refractivity contribution in [3.63, 3.8) is 0 Å².